The molecule has 2 heteroatoms. The third-order valence-electron chi connectivity index (χ3n) is 4.91. The van der Waals surface area contributed by atoms with Gasteiger partial charge in [-0.3, -0.25) is 4.90 Å². The van der Waals surface area contributed by atoms with Gasteiger partial charge in [0.25, 0.3) is 0 Å². The SMILES string of the molecule is CC(C)N1CCCCC1CCC1(N)CCCC1. The zero-order valence-corrected chi connectivity index (χ0v) is 11.8. The molecule has 1 atom stereocenters. The lowest BCUT2D eigenvalue weighted by molar-refractivity contribution is 0.0983. The van der Waals surface area contributed by atoms with Crippen LogP contribution in [0.1, 0.15) is 71.6 Å². The van der Waals surface area contributed by atoms with E-state index >= 15 is 0 Å². The molecule has 100 valence electrons. The van der Waals surface area contributed by atoms with Gasteiger partial charge in [0.15, 0.2) is 0 Å². The van der Waals surface area contributed by atoms with Gasteiger partial charge in [0.2, 0.25) is 0 Å². The Morgan fingerprint density at radius 3 is 2.53 bits per heavy atom. The van der Waals surface area contributed by atoms with Gasteiger partial charge in [-0.25, -0.2) is 0 Å². The van der Waals surface area contributed by atoms with E-state index in [9.17, 15) is 0 Å². The third kappa shape index (κ3) is 3.45. The minimum atomic E-state index is 0.195. The van der Waals surface area contributed by atoms with Crippen LogP contribution in [0, 0.1) is 0 Å². The molecule has 1 saturated carbocycles. The summed E-state index contributed by atoms with van der Waals surface area (Å²) < 4.78 is 0. The third-order valence-corrected chi connectivity index (χ3v) is 4.91. The zero-order chi connectivity index (χ0) is 12.3. The first-order chi connectivity index (χ1) is 8.11. The van der Waals surface area contributed by atoms with Crippen LogP contribution in [0.5, 0.6) is 0 Å². The molecule has 1 aliphatic carbocycles. The minimum Gasteiger partial charge on any atom is -0.325 e. The van der Waals surface area contributed by atoms with Gasteiger partial charge in [-0.1, -0.05) is 19.3 Å². The lowest BCUT2D eigenvalue weighted by Crippen LogP contribution is -2.46. The van der Waals surface area contributed by atoms with Crippen molar-refractivity contribution in [3.05, 3.63) is 0 Å². The van der Waals surface area contributed by atoms with Gasteiger partial charge in [-0.15, -0.1) is 0 Å². The Morgan fingerprint density at radius 2 is 1.88 bits per heavy atom. The van der Waals surface area contributed by atoms with Crippen LogP contribution in [0.15, 0.2) is 0 Å². The molecule has 0 amide bonds. The van der Waals surface area contributed by atoms with E-state index in [1.807, 2.05) is 0 Å². The van der Waals surface area contributed by atoms with Crippen molar-refractivity contribution in [1.29, 1.82) is 0 Å². The first-order valence-corrected chi connectivity index (χ1v) is 7.65. The number of rotatable bonds is 4. The van der Waals surface area contributed by atoms with E-state index in [4.69, 9.17) is 5.73 Å². The van der Waals surface area contributed by atoms with Gasteiger partial charge in [0.05, 0.1) is 0 Å². The molecule has 1 aliphatic heterocycles. The van der Waals surface area contributed by atoms with E-state index in [-0.39, 0.29) is 5.54 Å². The van der Waals surface area contributed by atoms with E-state index in [2.05, 4.69) is 18.7 Å². The van der Waals surface area contributed by atoms with E-state index in [0.717, 1.165) is 6.04 Å². The molecule has 0 aromatic heterocycles. The first-order valence-electron chi connectivity index (χ1n) is 7.65. The average molecular weight is 238 g/mol. The molecule has 2 nitrogen and oxygen atoms in total. The minimum absolute atomic E-state index is 0.195. The van der Waals surface area contributed by atoms with E-state index in [1.165, 1.54) is 64.3 Å². The summed E-state index contributed by atoms with van der Waals surface area (Å²) >= 11 is 0. The van der Waals surface area contributed by atoms with Crippen LogP contribution in [-0.2, 0) is 0 Å². The molecule has 0 bridgehead atoms. The number of piperidine rings is 1. The Kier molecular flexibility index (Phi) is 4.48. The fraction of sp³-hybridized carbons (Fsp3) is 1.00. The number of likely N-dealkylation sites (tertiary alicyclic amines) is 1. The second-order valence-electron chi connectivity index (χ2n) is 6.59. The topological polar surface area (TPSA) is 29.3 Å². The summed E-state index contributed by atoms with van der Waals surface area (Å²) in [4.78, 5) is 2.71. The Labute approximate surface area is 107 Å². The van der Waals surface area contributed by atoms with Crippen molar-refractivity contribution in [1.82, 2.24) is 4.90 Å². The summed E-state index contributed by atoms with van der Waals surface area (Å²) in [6.45, 7) is 5.98. The number of hydrogen-bond donors (Lipinski definition) is 1. The van der Waals surface area contributed by atoms with Crippen LogP contribution >= 0.6 is 0 Å². The largest absolute Gasteiger partial charge is 0.325 e. The van der Waals surface area contributed by atoms with Gasteiger partial charge < -0.3 is 5.73 Å². The lowest BCUT2D eigenvalue weighted by atomic mass is 9.87. The van der Waals surface area contributed by atoms with Crippen LogP contribution in [0.3, 0.4) is 0 Å². The highest BCUT2D eigenvalue weighted by atomic mass is 15.2. The predicted octanol–water partition coefficient (Wildman–Crippen LogP) is 3.30. The van der Waals surface area contributed by atoms with Crippen molar-refractivity contribution in [3.63, 3.8) is 0 Å². The van der Waals surface area contributed by atoms with Crippen LogP contribution in [0.2, 0.25) is 0 Å². The highest BCUT2D eigenvalue weighted by Gasteiger charge is 2.32. The summed E-state index contributed by atoms with van der Waals surface area (Å²) in [5, 5.41) is 0. The molecule has 1 heterocycles. The molecule has 1 unspecified atom stereocenters. The highest BCUT2D eigenvalue weighted by molar-refractivity contribution is 4.91. The van der Waals surface area contributed by atoms with Crippen molar-refractivity contribution in [2.24, 2.45) is 5.73 Å². The van der Waals surface area contributed by atoms with Gasteiger partial charge in [0, 0.05) is 17.6 Å². The van der Waals surface area contributed by atoms with Crippen molar-refractivity contribution in [2.45, 2.75) is 89.3 Å². The number of hydrogen-bond acceptors (Lipinski definition) is 2. The van der Waals surface area contributed by atoms with Gasteiger partial charge in [0.1, 0.15) is 0 Å². The maximum absolute atomic E-state index is 6.48. The molecule has 0 spiro atoms. The second-order valence-corrected chi connectivity index (χ2v) is 6.59. The highest BCUT2D eigenvalue weighted by Crippen LogP contribution is 2.33. The molecule has 1 saturated heterocycles. The molecule has 2 N–H and O–H groups in total. The maximum Gasteiger partial charge on any atom is 0.0154 e. The maximum atomic E-state index is 6.48. The van der Waals surface area contributed by atoms with E-state index in [1.54, 1.807) is 0 Å². The smallest absolute Gasteiger partial charge is 0.0154 e. The number of nitrogens with two attached hydrogens (primary N) is 1. The first kappa shape index (κ1) is 13.4. The normalized spacial score (nSPS) is 30.0. The van der Waals surface area contributed by atoms with Crippen LogP contribution in [0.4, 0.5) is 0 Å². The molecule has 2 rings (SSSR count). The Bertz CT molecular complexity index is 231. The van der Waals surface area contributed by atoms with Crippen molar-refractivity contribution < 1.29 is 0 Å². The van der Waals surface area contributed by atoms with Crippen molar-refractivity contribution in [3.8, 4) is 0 Å². The van der Waals surface area contributed by atoms with Crippen molar-refractivity contribution in [2.75, 3.05) is 6.54 Å². The summed E-state index contributed by atoms with van der Waals surface area (Å²) in [5.41, 5.74) is 6.67. The Morgan fingerprint density at radius 1 is 1.18 bits per heavy atom. The fourth-order valence-corrected chi connectivity index (χ4v) is 3.80. The summed E-state index contributed by atoms with van der Waals surface area (Å²) in [7, 11) is 0. The van der Waals surface area contributed by atoms with Gasteiger partial charge in [-0.2, -0.15) is 0 Å². The predicted molar refractivity (Wildman–Crippen MR) is 74.1 cm³/mol. The lowest BCUT2D eigenvalue weighted by Gasteiger charge is -2.40. The summed E-state index contributed by atoms with van der Waals surface area (Å²) in [5.74, 6) is 0. The van der Waals surface area contributed by atoms with E-state index in [0.29, 0.717) is 6.04 Å². The van der Waals surface area contributed by atoms with Crippen LogP contribution in [-0.4, -0.2) is 29.1 Å². The number of nitrogens with zero attached hydrogens (tertiary/aromatic N) is 1. The quantitative estimate of drug-likeness (QED) is 0.814. The molecule has 0 aromatic carbocycles. The second kappa shape index (κ2) is 5.71. The van der Waals surface area contributed by atoms with Crippen LogP contribution < -0.4 is 5.73 Å². The van der Waals surface area contributed by atoms with Crippen LogP contribution in [0.25, 0.3) is 0 Å². The zero-order valence-electron chi connectivity index (χ0n) is 11.8. The summed E-state index contributed by atoms with van der Waals surface area (Å²) in [6.07, 6.45) is 12.0. The summed E-state index contributed by atoms with van der Waals surface area (Å²) in [6, 6.07) is 1.52. The fourth-order valence-electron chi connectivity index (χ4n) is 3.80. The van der Waals surface area contributed by atoms with Crippen molar-refractivity contribution >= 4 is 0 Å². The Hall–Kier alpha value is -0.0800. The molecule has 2 aliphatic rings. The van der Waals surface area contributed by atoms with Gasteiger partial charge in [-0.05, 0) is 58.9 Å². The van der Waals surface area contributed by atoms with E-state index < -0.39 is 0 Å². The monoisotopic (exact) mass is 238 g/mol. The molecular formula is C15H30N2. The standard InChI is InChI=1S/C15H30N2/c1-13(2)17-12-6-3-7-14(17)8-11-15(16)9-4-5-10-15/h13-14H,3-12,16H2,1-2H3. The molecular weight excluding hydrogens is 208 g/mol. The molecule has 2 fully saturated rings. The molecule has 0 radical (unpaired) electrons. The molecule has 17 heavy (non-hydrogen) atoms. The molecule has 0 aromatic rings. The Balaban J connectivity index is 1.83. The average Bonchev–Trinajstić information content (AvgIpc) is 2.74. The van der Waals surface area contributed by atoms with Gasteiger partial charge >= 0.3 is 0 Å².